The molecule has 1 aromatic heterocycles. The summed E-state index contributed by atoms with van der Waals surface area (Å²) >= 11 is 1.43. The molecule has 0 atom stereocenters. The van der Waals surface area contributed by atoms with Crippen LogP contribution < -0.4 is 10.4 Å². The van der Waals surface area contributed by atoms with E-state index in [9.17, 15) is 9.90 Å². The lowest BCUT2D eigenvalue weighted by Gasteiger charge is -2.06. The normalized spacial score (nSPS) is 11.3. The smallest absolute Gasteiger partial charge is 0.216 e. The minimum Gasteiger partial charge on any atom is -0.857 e. The van der Waals surface area contributed by atoms with Crippen molar-refractivity contribution in [3.05, 3.63) is 16.1 Å². The van der Waals surface area contributed by atoms with Crippen LogP contribution in [0.1, 0.15) is 24.0 Å². The third kappa shape index (κ3) is 8.95. The Balaban J connectivity index is 0.00000400. The van der Waals surface area contributed by atoms with Crippen LogP contribution in [0.4, 0.5) is 0 Å². The molecule has 0 saturated carbocycles. The van der Waals surface area contributed by atoms with Crippen LogP contribution in [-0.4, -0.2) is 48.1 Å². The van der Waals surface area contributed by atoms with E-state index in [1.165, 1.54) is 18.3 Å². The van der Waals surface area contributed by atoms with Crippen LogP contribution in [-0.2, 0) is 22.1 Å². The lowest BCUT2D eigenvalue weighted by Crippen LogP contribution is -2.23. The monoisotopic (exact) mass is 351 g/mol. The number of thiazole rings is 1. The quantitative estimate of drug-likeness (QED) is 0.323. The van der Waals surface area contributed by atoms with Crippen LogP contribution in [0.2, 0.25) is 0 Å². The summed E-state index contributed by atoms with van der Waals surface area (Å²) < 4.78 is 0. The molecule has 0 aliphatic carbocycles. The number of halogens is 1. The number of carbonyl (C=O) groups excluding carboxylic acids is 1. The van der Waals surface area contributed by atoms with Crippen LogP contribution in [0.25, 0.3) is 0 Å². The van der Waals surface area contributed by atoms with Crippen molar-refractivity contribution in [1.29, 1.82) is 0 Å². The topological polar surface area (TPSA) is 77.4 Å². The molecule has 0 radical (unpaired) electrons. The molecule has 5 nitrogen and oxygen atoms in total. The first kappa shape index (κ1) is 20.2. The first-order chi connectivity index (χ1) is 9.49. The number of hydrogen-bond acceptors (Lipinski definition) is 5. The fraction of sp³-hybridized carbons (Fsp3) is 0.615. The molecule has 1 heterocycles. The van der Waals surface area contributed by atoms with Gasteiger partial charge in [0.15, 0.2) is 0 Å². The van der Waals surface area contributed by atoms with Crippen LogP contribution in [0.3, 0.4) is 0 Å². The van der Waals surface area contributed by atoms with Gasteiger partial charge in [-0.2, -0.15) is 0 Å². The molecule has 0 fully saturated rings. The average molecular weight is 352 g/mol. The Morgan fingerprint density at radius 1 is 1.52 bits per heavy atom. The Hall–Kier alpha value is -0.790. The van der Waals surface area contributed by atoms with Gasteiger partial charge in [-0.15, -0.1) is 23.7 Å². The van der Waals surface area contributed by atoms with E-state index in [2.05, 4.69) is 27.8 Å². The summed E-state index contributed by atoms with van der Waals surface area (Å²) in [5.41, 5.74) is 0.417. The fourth-order valence-electron chi connectivity index (χ4n) is 1.48. The van der Waals surface area contributed by atoms with Gasteiger partial charge in [0, 0.05) is 44.1 Å². The second kappa shape index (κ2) is 10.9. The third-order valence-electron chi connectivity index (χ3n) is 2.45. The zero-order valence-corrected chi connectivity index (χ0v) is 15.0. The summed E-state index contributed by atoms with van der Waals surface area (Å²) in [6.45, 7) is 2.60. The maximum atomic E-state index is 11.8. The summed E-state index contributed by atoms with van der Waals surface area (Å²) in [4.78, 5) is 19.0. The molecule has 1 rings (SSSR count). The maximum absolute atomic E-state index is 11.8. The van der Waals surface area contributed by atoms with E-state index in [1.54, 1.807) is 5.38 Å². The van der Waals surface area contributed by atoms with E-state index in [0.29, 0.717) is 36.1 Å². The Morgan fingerprint density at radius 2 is 2.24 bits per heavy atom. The molecule has 21 heavy (non-hydrogen) atoms. The van der Waals surface area contributed by atoms with Crippen LogP contribution in [0.15, 0.2) is 10.4 Å². The van der Waals surface area contributed by atoms with Gasteiger partial charge in [-0.1, -0.05) is 0 Å². The molecule has 0 aliphatic heterocycles. The Labute approximate surface area is 139 Å². The van der Waals surface area contributed by atoms with E-state index >= 15 is 0 Å². The van der Waals surface area contributed by atoms with Crippen LogP contribution >= 0.6 is 23.7 Å². The van der Waals surface area contributed by atoms with Gasteiger partial charge in [0.1, 0.15) is 5.75 Å². The van der Waals surface area contributed by atoms with Gasteiger partial charge < -0.3 is 10.4 Å². The van der Waals surface area contributed by atoms with Gasteiger partial charge in [0.25, 0.3) is 0 Å². The van der Waals surface area contributed by atoms with Crippen molar-refractivity contribution >= 4 is 46.4 Å². The molecular formula is C13H22ClN3O2S2. The van der Waals surface area contributed by atoms with Gasteiger partial charge in [-0.3, -0.25) is 9.79 Å². The highest BCUT2D eigenvalue weighted by molar-refractivity contribution is 7.95. The molecule has 0 aromatic carbocycles. The molecule has 0 bridgehead atoms. The molecule has 1 amide bonds. The molecule has 120 valence electrons. The molecular weight excluding hydrogens is 330 g/mol. The Morgan fingerprint density at radius 3 is 2.86 bits per heavy atom. The highest BCUT2D eigenvalue weighted by Crippen LogP contribution is 2.10. The predicted molar refractivity (Wildman–Crippen MR) is 91.9 cm³/mol. The number of aliphatic imine (C=N–C) groups is 1. The van der Waals surface area contributed by atoms with Crippen molar-refractivity contribution in [3.8, 4) is 0 Å². The van der Waals surface area contributed by atoms with Gasteiger partial charge in [-0.25, -0.2) is 4.98 Å². The van der Waals surface area contributed by atoms with E-state index in [4.69, 9.17) is 0 Å². The minimum absolute atomic E-state index is 0. The minimum atomic E-state index is -0.237. The largest absolute Gasteiger partial charge is 0.857 e. The predicted octanol–water partition coefficient (Wildman–Crippen LogP) is 0.618. The van der Waals surface area contributed by atoms with E-state index in [0.717, 1.165) is 17.2 Å². The van der Waals surface area contributed by atoms with E-state index in [1.807, 2.05) is 0 Å². The lowest BCUT2D eigenvalue weighted by molar-refractivity contribution is -0.213. The molecule has 1 aromatic rings. The molecule has 8 heteroatoms. The zero-order valence-electron chi connectivity index (χ0n) is 12.5. The van der Waals surface area contributed by atoms with Crippen molar-refractivity contribution in [3.63, 3.8) is 0 Å². The SMILES string of the molecule is CC(=O)NCCc1nc(C([O-])=NCCC[S+](C)C)cs1.Cl. The van der Waals surface area contributed by atoms with Gasteiger partial charge in [-0.05, 0) is 10.9 Å². The first-order valence-electron chi connectivity index (χ1n) is 6.44. The van der Waals surface area contributed by atoms with Crippen molar-refractivity contribution in [2.45, 2.75) is 19.8 Å². The number of carbonyl (C=O) groups is 1. The van der Waals surface area contributed by atoms with Crippen molar-refractivity contribution < 1.29 is 9.90 Å². The maximum Gasteiger partial charge on any atom is 0.216 e. The second-order valence-electron chi connectivity index (χ2n) is 4.59. The molecule has 0 aliphatic rings. The number of nitrogens with zero attached hydrogens (tertiary/aromatic N) is 2. The summed E-state index contributed by atoms with van der Waals surface area (Å²) in [5, 5.41) is 17.1. The lowest BCUT2D eigenvalue weighted by atomic mass is 10.4. The van der Waals surface area contributed by atoms with Gasteiger partial charge in [0.2, 0.25) is 5.91 Å². The second-order valence-corrected chi connectivity index (χ2v) is 7.91. The first-order valence-corrected chi connectivity index (χ1v) is 9.53. The standard InChI is InChI=1S/C13H21N3O2S2.ClH/c1-10(17)14-7-5-12-16-11(9-19-12)13(18)15-6-4-8-20(2)3;/h9H,4-8H2,1-3H3,(H-,14,15,17,18);1H. The molecule has 0 saturated heterocycles. The van der Waals surface area contributed by atoms with Gasteiger partial charge in [0.05, 0.1) is 23.2 Å². The number of rotatable bonds is 8. The number of hydrogen-bond donors (Lipinski definition) is 1. The number of nitrogens with one attached hydrogen (secondary N) is 1. The molecule has 0 unspecified atom stereocenters. The van der Waals surface area contributed by atoms with Gasteiger partial charge >= 0.3 is 0 Å². The van der Waals surface area contributed by atoms with Crippen LogP contribution in [0, 0.1) is 0 Å². The summed E-state index contributed by atoms with van der Waals surface area (Å²) in [7, 11) is 0.402. The average Bonchev–Trinajstić information content (AvgIpc) is 2.82. The summed E-state index contributed by atoms with van der Waals surface area (Å²) in [6, 6.07) is 0. The summed E-state index contributed by atoms with van der Waals surface area (Å²) in [5.74, 6) is 0.813. The molecule has 0 spiro atoms. The number of amides is 1. The molecule has 1 N–H and O–H groups in total. The van der Waals surface area contributed by atoms with Crippen molar-refractivity contribution in [2.24, 2.45) is 4.99 Å². The van der Waals surface area contributed by atoms with E-state index < -0.39 is 0 Å². The summed E-state index contributed by atoms with van der Waals surface area (Å²) in [6.07, 6.45) is 5.96. The Kier molecular flexibility index (Phi) is 10.5. The third-order valence-corrected chi connectivity index (χ3v) is 4.46. The van der Waals surface area contributed by atoms with Crippen LogP contribution in [0.5, 0.6) is 0 Å². The number of aromatic nitrogens is 1. The Bertz CT molecular complexity index is 464. The van der Waals surface area contributed by atoms with Crippen molar-refractivity contribution in [1.82, 2.24) is 10.3 Å². The zero-order chi connectivity index (χ0) is 15.0. The highest BCUT2D eigenvalue weighted by Gasteiger charge is 2.03. The fourth-order valence-corrected chi connectivity index (χ4v) is 2.96. The highest BCUT2D eigenvalue weighted by atomic mass is 35.5. The van der Waals surface area contributed by atoms with E-state index in [-0.39, 0.29) is 24.2 Å². The van der Waals surface area contributed by atoms with Crippen molar-refractivity contribution in [2.75, 3.05) is 31.4 Å².